The Labute approximate surface area is 235 Å². The summed E-state index contributed by atoms with van der Waals surface area (Å²) in [7, 11) is 0. The Hall–Kier alpha value is -3.76. The summed E-state index contributed by atoms with van der Waals surface area (Å²) in [6.45, 7) is 1.96. The van der Waals surface area contributed by atoms with Gasteiger partial charge in [-0.3, -0.25) is 4.79 Å². The van der Waals surface area contributed by atoms with Crippen LogP contribution >= 0.6 is 11.6 Å². The molecular formula is C29H30ClF2N5O3. The topological polar surface area (TPSA) is 104 Å². The molecule has 3 amide bonds. The molecule has 40 heavy (non-hydrogen) atoms. The zero-order valence-electron chi connectivity index (χ0n) is 21.8. The van der Waals surface area contributed by atoms with Gasteiger partial charge in [-0.2, -0.15) is 0 Å². The van der Waals surface area contributed by atoms with Gasteiger partial charge in [-0.1, -0.05) is 29.8 Å². The number of aromatic nitrogens is 1. The second-order valence-electron chi connectivity index (χ2n) is 10.1. The minimum Gasteiger partial charge on any atom is -0.376 e. The molecule has 3 unspecified atom stereocenters. The maximum atomic E-state index is 13.7. The van der Waals surface area contributed by atoms with Gasteiger partial charge in [0.2, 0.25) is 0 Å². The van der Waals surface area contributed by atoms with Gasteiger partial charge in [-0.15, -0.1) is 0 Å². The van der Waals surface area contributed by atoms with E-state index >= 15 is 0 Å². The molecule has 210 valence electrons. The third-order valence-electron chi connectivity index (χ3n) is 7.34. The highest BCUT2D eigenvalue weighted by Crippen LogP contribution is 2.28. The van der Waals surface area contributed by atoms with Crippen LogP contribution in [0.15, 0.2) is 60.8 Å². The molecule has 3 aromatic rings. The average molecular weight is 570 g/mol. The molecule has 1 aromatic heterocycles. The third kappa shape index (κ3) is 6.51. The molecule has 1 aliphatic heterocycles. The first-order valence-electron chi connectivity index (χ1n) is 13.2. The highest BCUT2D eigenvalue weighted by molar-refractivity contribution is 6.30. The van der Waals surface area contributed by atoms with Crippen molar-refractivity contribution in [3.05, 3.63) is 94.1 Å². The smallest absolute Gasteiger partial charge is 0.315 e. The van der Waals surface area contributed by atoms with Gasteiger partial charge in [0.25, 0.3) is 5.91 Å². The Kier molecular flexibility index (Phi) is 8.46. The van der Waals surface area contributed by atoms with Crippen molar-refractivity contribution in [2.75, 3.05) is 11.9 Å². The van der Waals surface area contributed by atoms with Crippen LogP contribution in [0, 0.1) is 11.6 Å². The molecule has 0 spiro atoms. The van der Waals surface area contributed by atoms with Crippen molar-refractivity contribution >= 4 is 29.4 Å². The molecule has 8 nitrogen and oxygen atoms in total. The third-order valence-corrected chi connectivity index (χ3v) is 7.57. The molecule has 2 aliphatic rings. The van der Waals surface area contributed by atoms with E-state index in [1.54, 1.807) is 31.3 Å². The molecule has 1 saturated heterocycles. The van der Waals surface area contributed by atoms with Crippen LogP contribution in [-0.4, -0.2) is 41.7 Å². The number of carbonyl (C=O) groups is 2. The van der Waals surface area contributed by atoms with Crippen LogP contribution in [-0.2, 0) is 4.74 Å². The predicted molar refractivity (Wildman–Crippen MR) is 147 cm³/mol. The number of carbonyl (C=O) groups excluding carboxylic acids is 2. The van der Waals surface area contributed by atoms with Crippen LogP contribution in [0.2, 0.25) is 5.02 Å². The first-order valence-corrected chi connectivity index (χ1v) is 13.6. The van der Waals surface area contributed by atoms with Crippen LogP contribution in [0.1, 0.15) is 59.8 Å². The molecule has 1 aliphatic carbocycles. The molecule has 2 fully saturated rings. The van der Waals surface area contributed by atoms with Crippen molar-refractivity contribution in [3.8, 4) is 0 Å². The molecular weight excluding hydrogens is 540 g/mol. The van der Waals surface area contributed by atoms with Crippen molar-refractivity contribution in [1.29, 1.82) is 0 Å². The molecule has 2 aromatic carbocycles. The van der Waals surface area contributed by atoms with Crippen molar-refractivity contribution in [2.24, 2.45) is 0 Å². The summed E-state index contributed by atoms with van der Waals surface area (Å²) in [6.07, 6.45) is 3.86. The summed E-state index contributed by atoms with van der Waals surface area (Å²) in [5.74, 6) is -2.02. The van der Waals surface area contributed by atoms with Crippen LogP contribution in [0.5, 0.6) is 0 Å². The van der Waals surface area contributed by atoms with Crippen molar-refractivity contribution in [3.63, 3.8) is 0 Å². The second kappa shape index (κ2) is 12.2. The van der Waals surface area contributed by atoms with Gasteiger partial charge >= 0.3 is 6.03 Å². The number of ether oxygens (including phenoxy) is 1. The molecule has 0 bridgehead atoms. The summed E-state index contributed by atoms with van der Waals surface area (Å²) in [5, 5.41) is 12.6. The normalized spacial score (nSPS) is 21.5. The molecule has 2 heterocycles. The van der Waals surface area contributed by atoms with E-state index in [-0.39, 0.29) is 36.4 Å². The summed E-state index contributed by atoms with van der Waals surface area (Å²) >= 11 is 6.29. The maximum Gasteiger partial charge on any atom is 0.315 e. The number of amides is 3. The number of hydrogen-bond donors (Lipinski definition) is 4. The summed E-state index contributed by atoms with van der Waals surface area (Å²) in [6, 6.07) is 13.2. The average Bonchev–Trinajstić information content (AvgIpc) is 3.31. The zero-order valence-corrected chi connectivity index (χ0v) is 22.6. The van der Waals surface area contributed by atoms with Gasteiger partial charge in [0.1, 0.15) is 5.82 Å². The van der Waals surface area contributed by atoms with Gasteiger partial charge < -0.3 is 26.0 Å². The number of hydrogen-bond acceptors (Lipinski definition) is 5. The standard InChI is InChI=1S/C29H30ClF2N5O3/c1-16(17-7-9-22(31)23(32)13-17)34-28(38)21-6-3-11-33-27(21)35-26(18-4-2-5-19(30)12-18)15-40-20-8-10-24-25(14-20)37-29(39)36-24/h2-7,9,11-13,16,20,24-26H,8,10,14-15H2,1H3,(H,33,35)(H,34,38)(H2,36,37,39)/t16-,20?,24?,25?,26-/m0/s1. The van der Waals surface area contributed by atoms with Crippen molar-refractivity contribution in [1.82, 2.24) is 20.9 Å². The lowest BCUT2D eigenvalue weighted by atomic mass is 9.89. The number of rotatable bonds is 9. The van der Waals surface area contributed by atoms with E-state index in [1.165, 1.54) is 6.07 Å². The lowest BCUT2D eigenvalue weighted by molar-refractivity contribution is 0.0137. The first kappa shape index (κ1) is 27.8. The number of nitrogens with one attached hydrogen (secondary N) is 4. The van der Waals surface area contributed by atoms with E-state index < -0.39 is 29.6 Å². The molecule has 0 radical (unpaired) electrons. The lowest BCUT2D eigenvalue weighted by Crippen LogP contribution is -2.42. The zero-order chi connectivity index (χ0) is 28.2. The molecule has 5 rings (SSSR count). The van der Waals surface area contributed by atoms with E-state index in [0.717, 1.165) is 30.5 Å². The van der Waals surface area contributed by atoms with E-state index in [1.807, 2.05) is 18.2 Å². The quantitative estimate of drug-likeness (QED) is 0.281. The lowest BCUT2D eigenvalue weighted by Gasteiger charge is -2.32. The van der Waals surface area contributed by atoms with Crippen LogP contribution < -0.4 is 21.3 Å². The van der Waals surface area contributed by atoms with E-state index in [0.29, 0.717) is 22.8 Å². The minimum absolute atomic E-state index is 0.0338. The second-order valence-corrected chi connectivity index (χ2v) is 10.6. The van der Waals surface area contributed by atoms with Gasteiger partial charge in [0, 0.05) is 11.2 Å². The fourth-order valence-corrected chi connectivity index (χ4v) is 5.38. The number of anilines is 1. The highest BCUT2D eigenvalue weighted by atomic mass is 35.5. The predicted octanol–water partition coefficient (Wildman–Crippen LogP) is 5.28. The Bertz CT molecular complexity index is 1390. The van der Waals surface area contributed by atoms with E-state index in [2.05, 4.69) is 26.3 Å². The largest absolute Gasteiger partial charge is 0.376 e. The number of nitrogens with zero attached hydrogens (tertiary/aromatic N) is 1. The summed E-state index contributed by atoms with van der Waals surface area (Å²) < 4.78 is 33.4. The number of benzene rings is 2. The highest BCUT2D eigenvalue weighted by Gasteiger charge is 2.37. The monoisotopic (exact) mass is 569 g/mol. The van der Waals surface area contributed by atoms with Crippen LogP contribution in [0.25, 0.3) is 0 Å². The number of pyridine rings is 1. The van der Waals surface area contributed by atoms with Gasteiger partial charge in [0.05, 0.1) is 42.4 Å². The number of fused-ring (bicyclic) bond motifs is 1. The molecule has 5 atom stereocenters. The van der Waals surface area contributed by atoms with E-state index in [4.69, 9.17) is 16.3 Å². The fourth-order valence-electron chi connectivity index (χ4n) is 5.18. The van der Waals surface area contributed by atoms with Gasteiger partial charge in [-0.25, -0.2) is 18.6 Å². The van der Waals surface area contributed by atoms with Crippen molar-refractivity contribution < 1.29 is 23.1 Å². The molecule has 1 saturated carbocycles. The Morgan fingerprint density at radius 2 is 1.90 bits per heavy atom. The minimum atomic E-state index is -0.980. The Balaban J connectivity index is 1.31. The Morgan fingerprint density at radius 3 is 2.70 bits per heavy atom. The van der Waals surface area contributed by atoms with Crippen LogP contribution in [0.4, 0.5) is 19.4 Å². The molecule has 11 heteroatoms. The first-order chi connectivity index (χ1) is 19.3. The fraction of sp³-hybridized carbons (Fsp3) is 0.345. The number of halogens is 3. The SMILES string of the molecule is C[C@H](NC(=O)c1cccnc1N[C@@H](COC1CCC2NC(=O)NC2C1)c1cccc(Cl)c1)c1ccc(F)c(F)c1. The summed E-state index contributed by atoms with van der Waals surface area (Å²) in [5.41, 5.74) is 1.56. The number of urea groups is 1. The van der Waals surface area contributed by atoms with Gasteiger partial charge in [-0.05, 0) is 73.7 Å². The van der Waals surface area contributed by atoms with Crippen LogP contribution in [0.3, 0.4) is 0 Å². The molecule has 4 N–H and O–H groups in total. The van der Waals surface area contributed by atoms with Crippen molar-refractivity contribution in [2.45, 2.75) is 56.5 Å². The van der Waals surface area contributed by atoms with Gasteiger partial charge in [0.15, 0.2) is 11.6 Å². The summed E-state index contributed by atoms with van der Waals surface area (Å²) in [4.78, 5) is 29.4. The Morgan fingerprint density at radius 1 is 1.07 bits per heavy atom. The van der Waals surface area contributed by atoms with E-state index in [9.17, 15) is 18.4 Å². The maximum absolute atomic E-state index is 13.7.